The molecule has 1 saturated heterocycles. The van der Waals surface area contributed by atoms with Crippen molar-refractivity contribution in [1.29, 1.82) is 0 Å². The second-order valence-corrected chi connectivity index (χ2v) is 3.76. The van der Waals surface area contributed by atoms with Crippen molar-refractivity contribution in [2.45, 2.75) is 5.50 Å². The highest BCUT2D eigenvalue weighted by Crippen LogP contribution is 2.21. The summed E-state index contributed by atoms with van der Waals surface area (Å²) in [7, 11) is 1.90. The Kier molecular flexibility index (Phi) is 2.19. The Morgan fingerprint density at radius 3 is 2.21 bits per heavy atom. The van der Waals surface area contributed by atoms with Crippen molar-refractivity contribution in [3.8, 4) is 5.75 Å². The molecule has 0 bridgehead atoms. The van der Waals surface area contributed by atoms with Crippen LogP contribution in [0, 0.1) is 11.6 Å². The molecule has 0 aromatic heterocycles. The zero-order valence-corrected chi connectivity index (χ0v) is 7.81. The quantitative estimate of drug-likeness (QED) is 0.687. The minimum Gasteiger partial charge on any atom is -0.494 e. The predicted octanol–water partition coefficient (Wildman–Crippen LogP) is 0.276. The van der Waals surface area contributed by atoms with Gasteiger partial charge in [0.05, 0.1) is 5.50 Å². The molecule has 0 aliphatic carbocycles. The molecule has 2 rings (SSSR count). The van der Waals surface area contributed by atoms with Crippen LogP contribution in [0.25, 0.3) is 0 Å². The SMILES string of the molecule is BC1(Oc2cc(F)cc(F)c2)CNC1. The van der Waals surface area contributed by atoms with Gasteiger partial charge in [-0.2, -0.15) is 0 Å². The molecule has 0 amide bonds. The van der Waals surface area contributed by atoms with Gasteiger partial charge >= 0.3 is 0 Å². The second kappa shape index (κ2) is 3.24. The van der Waals surface area contributed by atoms with Crippen LogP contribution >= 0.6 is 0 Å². The molecule has 14 heavy (non-hydrogen) atoms. The van der Waals surface area contributed by atoms with Crippen LogP contribution in [0.3, 0.4) is 0 Å². The zero-order chi connectivity index (χ0) is 10.2. The van der Waals surface area contributed by atoms with E-state index in [1.807, 2.05) is 7.85 Å². The van der Waals surface area contributed by atoms with Gasteiger partial charge in [0.15, 0.2) is 7.85 Å². The number of benzene rings is 1. The first-order chi connectivity index (χ1) is 6.57. The number of rotatable bonds is 2. The highest BCUT2D eigenvalue weighted by atomic mass is 19.1. The highest BCUT2D eigenvalue weighted by molar-refractivity contribution is 6.15. The van der Waals surface area contributed by atoms with E-state index >= 15 is 0 Å². The molecule has 0 saturated carbocycles. The lowest BCUT2D eigenvalue weighted by molar-refractivity contribution is 0.0971. The monoisotopic (exact) mass is 197 g/mol. The van der Waals surface area contributed by atoms with Crippen molar-refractivity contribution in [2.24, 2.45) is 0 Å². The summed E-state index contributed by atoms with van der Waals surface area (Å²) in [5, 5.41) is 3.04. The zero-order valence-electron chi connectivity index (χ0n) is 7.81. The van der Waals surface area contributed by atoms with E-state index < -0.39 is 11.6 Å². The van der Waals surface area contributed by atoms with Crippen LogP contribution in [-0.4, -0.2) is 26.4 Å². The molecule has 5 heteroatoms. The summed E-state index contributed by atoms with van der Waals surface area (Å²) in [6.07, 6.45) is 0. The Bertz CT molecular complexity index is 334. The maximum Gasteiger partial charge on any atom is 0.162 e. The Hall–Kier alpha value is -1.10. The van der Waals surface area contributed by atoms with Crippen LogP contribution < -0.4 is 10.1 Å². The molecule has 1 fully saturated rings. The van der Waals surface area contributed by atoms with Crippen molar-refractivity contribution in [1.82, 2.24) is 5.32 Å². The Morgan fingerprint density at radius 2 is 1.79 bits per heavy atom. The molecule has 1 aromatic carbocycles. The van der Waals surface area contributed by atoms with Crippen molar-refractivity contribution in [3.63, 3.8) is 0 Å². The van der Waals surface area contributed by atoms with Gasteiger partial charge in [-0.05, 0) is 0 Å². The standard InChI is InChI=1S/C9H10BF2NO/c10-9(4-13-5-9)14-8-2-6(11)1-7(12)3-8/h1-3,13H,4-5,10H2. The van der Waals surface area contributed by atoms with Gasteiger partial charge in [0.2, 0.25) is 0 Å². The average molecular weight is 197 g/mol. The summed E-state index contributed by atoms with van der Waals surface area (Å²) in [4.78, 5) is 0. The number of ether oxygens (including phenoxy) is 1. The molecule has 0 radical (unpaired) electrons. The van der Waals surface area contributed by atoms with Gasteiger partial charge in [0.25, 0.3) is 0 Å². The van der Waals surface area contributed by atoms with Crippen LogP contribution in [0.5, 0.6) is 5.75 Å². The molecule has 0 unspecified atom stereocenters. The van der Waals surface area contributed by atoms with E-state index in [1.54, 1.807) is 0 Å². The summed E-state index contributed by atoms with van der Waals surface area (Å²) in [5.74, 6) is -0.988. The van der Waals surface area contributed by atoms with E-state index in [1.165, 1.54) is 12.1 Å². The third kappa shape index (κ3) is 1.87. The Labute approximate surface area is 81.7 Å². The molecule has 0 spiro atoms. The largest absolute Gasteiger partial charge is 0.494 e. The van der Waals surface area contributed by atoms with Crippen LogP contribution in [0.1, 0.15) is 0 Å². The van der Waals surface area contributed by atoms with Crippen LogP contribution in [0.15, 0.2) is 18.2 Å². The van der Waals surface area contributed by atoms with Crippen molar-refractivity contribution in [3.05, 3.63) is 29.8 Å². The first-order valence-electron chi connectivity index (χ1n) is 4.43. The van der Waals surface area contributed by atoms with E-state index in [4.69, 9.17) is 4.74 Å². The van der Waals surface area contributed by atoms with Gasteiger partial charge in [-0.15, -0.1) is 0 Å². The smallest absolute Gasteiger partial charge is 0.162 e. The Balaban J connectivity index is 2.16. The number of nitrogens with one attached hydrogen (secondary N) is 1. The van der Waals surface area contributed by atoms with Crippen LogP contribution in [-0.2, 0) is 0 Å². The number of hydrogen-bond acceptors (Lipinski definition) is 2. The summed E-state index contributed by atoms with van der Waals surface area (Å²) < 4.78 is 31.0. The molecule has 1 aromatic rings. The van der Waals surface area contributed by atoms with Gasteiger partial charge < -0.3 is 10.1 Å². The molecule has 2 nitrogen and oxygen atoms in total. The first kappa shape index (κ1) is 9.46. The minimum atomic E-state index is -0.615. The molecule has 1 heterocycles. The van der Waals surface area contributed by atoms with E-state index in [-0.39, 0.29) is 11.2 Å². The fourth-order valence-corrected chi connectivity index (χ4v) is 1.42. The molecule has 1 aliphatic rings. The summed E-state index contributed by atoms with van der Waals surface area (Å²) >= 11 is 0. The van der Waals surface area contributed by atoms with Crippen molar-refractivity contribution < 1.29 is 13.5 Å². The first-order valence-corrected chi connectivity index (χ1v) is 4.43. The van der Waals surface area contributed by atoms with E-state index in [2.05, 4.69) is 5.32 Å². The van der Waals surface area contributed by atoms with Crippen molar-refractivity contribution >= 4 is 7.85 Å². The van der Waals surface area contributed by atoms with Gasteiger partial charge in [-0.1, -0.05) is 0 Å². The van der Waals surface area contributed by atoms with E-state index in [9.17, 15) is 8.78 Å². The average Bonchev–Trinajstić information content (AvgIpc) is 1.99. The second-order valence-electron chi connectivity index (χ2n) is 3.76. The normalized spacial score (nSPS) is 18.7. The molecular weight excluding hydrogens is 187 g/mol. The third-order valence-electron chi connectivity index (χ3n) is 2.20. The number of hydrogen-bond donors (Lipinski definition) is 1. The predicted molar refractivity (Wildman–Crippen MR) is 51.1 cm³/mol. The van der Waals surface area contributed by atoms with Gasteiger partial charge in [-0.25, -0.2) is 8.78 Å². The maximum atomic E-state index is 12.8. The van der Waals surface area contributed by atoms with E-state index in [0.717, 1.165) is 6.07 Å². The van der Waals surface area contributed by atoms with Gasteiger partial charge in [-0.3, -0.25) is 0 Å². The lowest BCUT2D eigenvalue weighted by atomic mass is 9.76. The molecule has 1 N–H and O–H groups in total. The van der Waals surface area contributed by atoms with Gasteiger partial charge in [0, 0.05) is 31.3 Å². The maximum absolute atomic E-state index is 12.8. The van der Waals surface area contributed by atoms with Crippen LogP contribution in [0.2, 0.25) is 0 Å². The highest BCUT2D eigenvalue weighted by Gasteiger charge is 2.33. The fraction of sp³-hybridized carbons (Fsp3) is 0.333. The molecule has 0 atom stereocenters. The number of halogens is 2. The fourth-order valence-electron chi connectivity index (χ4n) is 1.42. The molecular formula is C9H10BF2NO. The summed E-state index contributed by atoms with van der Waals surface area (Å²) in [6, 6.07) is 3.20. The molecule has 74 valence electrons. The topological polar surface area (TPSA) is 21.3 Å². The minimum absolute atomic E-state index is 0.242. The third-order valence-corrected chi connectivity index (χ3v) is 2.20. The van der Waals surface area contributed by atoms with Crippen molar-refractivity contribution in [2.75, 3.05) is 13.1 Å². The van der Waals surface area contributed by atoms with Gasteiger partial charge in [0.1, 0.15) is 17.4 Å². The lowest BCUT2D eigenvalue weighted by Crippen LogP contribution is -2.63. The van der Waals surface area contributed by atoms with E-state index in [0.29, 0.717) is 13.1 Å². The summed E-state index contributed by atoms with van der Waals surface area (Å²) in [5.41, 5.74) is -0.333. The lowest BCUT2D eigenvalue weighted by Gasteiger charge is -2.39. The molecule has 1 aliphatic heterocycles. The van der Waals surface area contributed by atoms with Crippen LogP contribution in [0.4, 0.5) is 8.78 Å². The Morgan fingerprint density at radius 1 is 1.21 bits per heavy atom. The summed E-state index contributed by atoms with van der Waals surface area (Å²) in [6.45, 7) is 1.40.